The second-order valence-corrected chi connectivity index (χ2v) is 10.1. The van der Waals surface area contributed by atoms with Gasteiger partial charge in [0, 0.05) is 17.1 Å². The summed E-state index contributed by atoms with van der Waals surface area (Å²) in [4.78, 5) is 23.5. The second-order valence-electron chi connectivity index (χ2n) is 7.57. The Morgan fingerprint density at radius 3 is 2.35 bits per heavy atom. The number of benzene rings is 3. The van der Waals surface area contributed by atoms with Gasteiger partial charge in [0.05, 0.1) is 17.8 Å². The highest BCUT2D eigenvalue weighted by atomic mass is 35.5. The van der Waals surface area contributed by atoms with Gasteiger partial charge in [-0.1, -0.05) is 29.3 Å². The molecule has 0 radical (unpaired) electrons. The minimum absolute atomic E-state index is 0.0169. The molecule has 37 heavy (non-hydrogen) atoms. The summed E-state index contributed by atoms with van der Waals surface area (Å²) in [6.07, 6.45) is -1.56. The fraction of sp³-hybridized carbons (Fsp3) is 0.167. The summed E-state index contributed by atoms with van der Waals surface area (Å²) in [6.45, 7) is 2.10. The monoisotopic (exact) mass is 567 g/mol. The molecule has 0 spiro atoms. The van der Waals surface area contributed by atoms with Crippen LogP contribution in [0.1, 0.15) is 28.9 Å². The van der Waals surface area contributed by atoms with Crippen LogP contribution >= 0.6 is 23.2 Å². The van der Waals surface area contributed by atoms with E-state index < -0.39 is 27.9 Å². The third-order valence-electron chi connectivity index (χ3n) is 5.00. The topological polar surface area (TPSA) is 157 Å². The maximum Gasteiger partial charge on any atom is 0.263 e. The van der Waals surface area contributed by atoms with Gasteiger partial charge in [0.15, 0.2) is 23.4 Å². The van der Waals surface area contributed by atoms with Gasteiger partial charge in [-0.15, -0.1) is 0 Å². The van der Waals surface area contributed by atoms with E-state index in [1.165, 1.54) is 61.7 Å². The minimum atomic E-state index is -4.24. The highest BCUT2D eigenvalue weighted by Crippen LogP contribution is 2.38. The van der Waals surface area contributed by atoms with Crippen molar-refractivity contribution in [3.63, 3.8) is 0 Å². The van der Waals surface area contributed by atoms with E-state index in [0.29, 0.717) is 6.54 Å². The smallest absolute Gasteiger partial charge is 0.263 e. The van der Waals surface area contributed by atoms with Crippen LogP contribution < -0.4 is 25.2 Å². The minimum Gasteiger partial charge on any atom is -0.493 e. The predicted octanol–water partition coefficient (Wildman–Crippen LogP) is 3.86. The lowest BCUT2D eigenvalue weighted by Gasteiger charge is -2.17. The number of anilines is 1. The van der Waals surface area contributed by atoms with Crippen LogP contribution in [0.2, 0.25) is 10.0 Å². The zero-order chi connectivity index (χ0) is 27.3. The SMILES string of the molecule is CCNC(=O)c1ccc(Oc2ccc(C(O)C(N)=O)cc2OC)c(NS(=O)(=O)c2ccc(Cl)cc2Cl)c1. The van der Waals surface area contributed by atoms with Gasteiger partial charge in [0.2, 0.25) is 0 Å². The van der Waals surface area contributed by atoms with E-state index >= 15 is 0 Å². The Labute approximate surface area is 223 Å². The number of nitrogens with two attached hydrogens (primary N) is 1. The fourth-order valence-corrected chi connectivity index (χ4v) is 5.05. The molecule has 3 aromatic carbocycles. The van der Waals surface area contributed by atoms with E-state index in [0.717, 1.165) is 0 Å². The third-order valence-corrected chi connectivity index (χ3v) is 7.08. The average molecular weight is 568 g/mol. The number of hydrogen-bond donors (Lipinski definition) is 4. The Bertz CT molecular complexity index is 1450. The summed E-state index contributed by atoms with van der Waals surface area (Å²) in [5, 5.41) is 12.7. The van der Waals surface area contributed by atoms with E-state index in [2.05, 4.69) is 10.0 Å². The lowest BCUT2D eigenvalue weighted by atomic mass is 10.1. The van der Waals surface area contributed by atoms with Gasteiger partial charge >= 0.3 is 0 Å². The van der Waals surface area contributed by atoms with E-state index in [9.17, 15) is 23.1 Å². The zero-order valence-electron chi connectivity index (χ0n) is 19.6. The fourth-order valence-electron chi connectivity index (χ4n) is 3.22. The Hall–Kier alpha value is -3.51. The number of amides is 2. The van der Waals surface area contributed by atoms with Gasteiger partial charge in [-0.3, -0.25) is 14.3 Å². The number of hydrogen-bond acceptors (Lipinski definition) is 7. The zero-order valence-corrected chi connectivity index (χ0v) is 21.9. The van der Waals surface area contributed by atoms with E-state index in [1.54, 1.807) is 6.92 Å². The van der Waals surface area contributed by atoms with Crippen LogP contribution in [0.15, 0.2) is 59.5 Å². The van der Waals surface area contributed by atoms with Crippen molar-refractivity contribution >= 4 is 50.7 Å². The number of ether oxygens (including phenoxy) is 2. The third kappa shape index (κ3) is 6.63. The molecule has 1 atom stereocenters. The summed E-state index contributed by atoms with van der Waals surface area (Å²) in [5.41, 5.74) is 5.42. The molecule has 3 rings (SSSR count). The molecule has 5 N–H and O–H groups in total. The highest BCUT2D eigenvalue weighted by Gasteiger charge is 2.23. The van der Waals surface area contributed by atoms with Crippen molar-refractivity contribution in [1.82, 2.24) is 5.32 Å². The molecule has 0 heterocycles. The molecule has 2 amide bonds. The second kappa shape index (κ2) is 11.7. The van der Waals surface area contributed by atoms with Crippen LogP contribution in [-0.4, -0.2) is 39.0 Å². The molecule has 1 unspecified atom stereocenters. The Balaban J connectivity index is 2.06. The molecule has 196 valence electrons. The number of halogens is 2. The summed E-state index contributed by atoms with van der Waals surface area (Å²) in [6, 6.07) is 12.2. The van der Waals surface area contributed by atoms with Crippen LogP contribution in [0.3, 0.4) is 0 Å². The molecule has 0 fully saturated rings. The Morgan fingerprint density at radius 2 is 1.73 bits per heavy atom. The maximum atomic E-state index is 13.2. The quantitative estimate of drug-likeness (QED) is 0.289. The number of aliphatic hydroxyl groups excluding tert-OH is 1. The lowest BCUT2D eigenvalue weighted by molar-refractivity contribution is -0.126. The van der Waals surface area contributed by atoms with E-state index in [4.69, 9.17) is 38.4 Å². The number of carbonyl (C=O) groups is 2. The Morgan fingerprint density at radius 1 is 1.03 bits per heavy atom. The molecule has 0 saturated heterocycles. The predicted molar refractivity (Wildman–Crippen MR) is 139 cm³/mol. The molecule has 0 aliphatic heterocycles. The summed E-state index contributed by atoms with van der Waals surface area (Å²) < 4.78 is 39.9. The van der Waals surface area contributed by atoms with Gasteiger partial charge in [-0.25, -0.2) is 8.42 Å². The van der Waals surface area contributed by atoms with Gasteiger partial charge in [-0.05, 0) is 61.0 Å². The number of nitrogens with one attached hydrogen (secondary N) is 2. The molecule has 13 heteroatoms. The molecule has 0 bridgehead atoms. The summed E-state index contributed by atoms with van der Waals surface area (Å²) >= 11 is 12.0. The average Bonchev–Trinajstić information content (AvgIpc) is 2.84. The van der Waals surface area contributed by atoms with Crippen molar-refractivity contribution in [2.45, 2.75) is 17.9 Å². The van der Waals surface area contributed by atoms with Crippen molar-refractivity contribution in [3.8, 4) is 17.2 Å². The molecular formula is C24H23Cl2N3O7S. The van der Waals surface area contributed by atoms with E-state index in [1.807, 2.05) is 0 Å². The standard InChI is InChI=1S/C24H23Cl2N3O7S/c1-3-28-24(32)14-5-7-18(36-19-8-4-13(11-20(19)35-2)22(30)23(27)31)17(10-14)29-37(33,34)21-9-6-15(25)12-16(21)26/h4-12,22,29-30H,3H2,1-2H3,(H2,27,31)(H,28,32). The van der Waals surface area contributed by atoms with Crippen molar-refractivity contribution in [3.05, 3.63) is 75.8 Å². The highest BCUT2D eigenvalue weighted by molar-refractivity contribution is 7.92. The molecular weight excluding hydrogens is 545 g/mol. The summed E-state index contributed by atoms with van der Waals surface area (Å²) in [7, 11) is -2.90. The lowest BCUT2D eigenvalue weighted by Crippen LogP contribution is -2.23. The number of carbonyl (C=O) groups excluding carboxylic acids is 2. The first-order chi connectivity index (χ1) is 17.5. The first-order valence-corrected chi connectivity index (χ1v) is 12.9. The van der Waals surface area contributed by atoms with Crippen molar-refractivity contribution in [2.75, 3.05) is 18.4 Å². The molecule has 0 aromatic heterocycles. The van der Waals surface area contributed by atoms with Gasteiger partial charge < -0.3 is 25.6 Å². The van der Waals surface area contributed by atoms with Crippen molar-refractivity contribution < 1.29 is 32.6 Å². The first kappa shape index (κ1) is 28.1. The molecule has 10 nitrogen and oxygen atoms in total. The number of aliphatic hydroxyl groups is 1. The van der Waals surface area contributed by atoms with Gasteiger partial charge in [0.1, 0.15) is 4.90 Å². The van der Waals surface area contributed by atoms with Gasteiger partial charge in [-0.2, -0.15) is 0 Å². The Kier molecular flexibility index (Phi) is 8.87. The normalized spacial score (nSPS) is 11.9. The van der Waals surface area contributed by atoms with Crippen LogP contribution in [0.4, 0.5) is 5.69 Å². The molecule has 0 saturated carbocycles. The summed E-state index contributed by atoms with van der Waals surface area (Å²) in [5.74, 6) is -1.11. The number of methoxy groups -OCH3 is 1. The van der Waals surface area contributed by atoms with Crippen molar-refractivity contribution in [1.29, 1.82) is 0 Å². The van der Waals surface area contributed by atoms with Gasteiger partial charge in [0.25, 0.3) is 21.8 Å². The maximum absolute atomic E-state index is 13.2. The van der Waals surface area contributed by atoms with Crippen LogP contribution in [0, 0.1) is 0 Å². The first-order valence-electron chi connectivity index (χ1n) is 10.7. The molecule has 0 aliphatic carbocycles. The van der Waals surface area contributed by atoms with E-state index in [-0.39, 0.29) is 49.0 Å². The number of primary amides is 1. The van der Waals surface area contributed by atoms with Crippen LogP contribution in [-0.2, 0) is 14.8 Å². The largest absolute Gasteiger partial charge is 0.493 e. The molecule has 0 aliphatic rings. The van der Waals surface area contributed by atoms with Crippen LogP contribution in [0.5, 0.6) is 17.2 Å². The van der Waals surface area contributed by atoms with Crippen LogP contribution in [0.25, 0.3) is 0 Å². The number of sulfonamides is 1. The number of rotatable bonds is 10. The van der Waals surface area contributed by atoms with Crippen molar-refractivity contribution in [2.24, 2.45) is 5.73 Å². The molecule has 3 aromatic rings.